The molecule has 9 nitrogen and oxygen atoms in total. The van der Waals surface area contributed by atoms with Gasteiger partial charge in [0.15, 0.2) is 0 Å². The predicted octanol–water partition coefficient (Wildman–Crippen LogP) is 3.86. The Hall–Kier alpha value is -3.49. The van der Waals surface area contributed by atoms with Crippen LogP contribution in [0.25, 0.3) is 0 Å². The monoisotopic (exact) mass is 346 g/mol. The SMILES string of the molecule is CCCOC(=O)c1ccc(Oc2cc([N+](=O)[O-])cc([N+](=O)[O-])c2)cc1. The van der Waals surface area contributed by atoms with Crippen LogP contribution in [0.15, 0.2) is 42.5 Å². The molecule has 2 rings (SSSR count). The van der Waals surface area contributed by atoms with Crippen molar-refractivity contribution >= 4 is 17.3 Å². The number of benzene rings is 2. The second-order valence-corrected chi connectivity index (χ2v) is 4.96. The Morgan fingerprint density at radius 1 is 0.960 bits per heavy atom. The lowest BCUT2D eigenvalue weighted by atomic mass is 10.2. The second kappa shape index (κ2) is 7.86. The van der Waals surface area contributed by atoms with Crippen LogP contribution >= 0.6 is 0 Å². The fourth-order valence-corrected chi connectivity index (χ4v) is 1.91. The van der Waals surface area contributed by atoms with Crippen molar-refractivity contribution in [3.63, 3.8) is 0 Å². The first kappa shape index (κ1) is 17.9. The highest BCUT2D eigenvalue weighted by atomic mass is 16.6. The number of ether oxygens (including phenoxy) is 2. The number of hydrogen-bond acceptors (Lipinski definition) is 7. The lowest BCUT2D eigenvalue weighted by molar-refractivity contribution is -0.394. The summed E-state index contributed by atoms with van der Waals surface area (Å²) in [6.07, 6.45) is 0.707. The summed E-state index contributed by atoms with van der Waals surface area (Å²) in [5.41, 5.74) is -0.584. The Bertz CT molecular complexity index is 770. The van der Waals surface area contributed by atoms with E-state index < -0.39 is 27.2 Å². The number of rotatable bonds is 7. The topological polar surface area (TPSA) is 122 Å². The summed E-state index contributed by atoms with van der Waals surface area (Å²) in [5, 5.41) is 21.7. The summed E-state index contributed by atoms with van der Waals surface area (Å²) in [5.74, 6) is -0.261. The number of nitrogens with zero attached hydrogens (tertiary/aromatic N) is 2. The maximum absolute atomic E-state index is 11.7. The summed E-state index contributed by atoms with van der Waals surface area (Å²) in [6.45, 7) is 2.19. The standard InChI is InChI=1S/C16H14N2O7/c1-2-7-24-16(19)11-3-5-14(6-4-11)25-15-9-12(17(20)21)8-13(10-15)18(22)23/h3-6,8-10H,2,7H2,1H3. The molecule has 0 atom stereocenters. The van der Waals surface area contributed by atoms with Gasteiger partial charge in [-0.1, -0.05) is 6.92 Å². The fraction of sp³-hybridized carbons (Fsp3) is 0.188. The number of nitro groups is 2. The summed E-state index contributed by atoms with van der Waals surface area (Å²) in [7, 11) is 0. The van der Waals surface area contributed by atoms with E-state index in [2.05, 4.69) is 0 Å². The molecule has 0 heterocycles. The van der Waals surface area contributed by atoms with Crippen LogP contribution in [0.5, 0.6) is 11.5 Å². The van der Waals surface area contributed by atoms with Gasteiger partial charge in [-0.2, -0.15) is 0 Å². The molecular formula is C16H14N2O7. The van der Waals surface area contributed by atoms with Gasteiger partial charge in [-0.15, -0.1) is 0 Å². The summed E-state index contributed by atoms with van der Waals surface area (Å²) in [6, 6.07) is 8.88. The summed E-state index contributed by atoms with van der Waals surface area (Å²) in [4.78, 5) is 31.9. The van der Waals surface area contributed by atoms with Gasteiger partial charge in [0.05, 0.1) is 40.2 Å². The van der Waals surface area contributed by atoms with Gasteiger partial charge in [0, 0.05) is 0 Å². The molecule has 0 aromatic heterocycles. The Morgan fingerprint density at radius 3 is 2.00 bits per heavy atom. The Balaban J connectivity index is 2.20. The fourth-order valence-electron chi connectivity index (χ4n) is 1.91. The molecule has 25 heavy (non-hydrogen) atoms. The number of carbonyl (C=O) groups is 1. The molecule has 0 spiro atoms. The quantitative estimate of drug-likeness (QED) is 0.424. The van der Waals surface area contributed by atoms with Crippen LogP contribution in [0.1, 0.15) is 23.7 Å². The molecule has 9 heteroatoms. The van der Waals surface area contributed by atoms with Crippen molar-refractivity contribution in [2.75, 3.05) is 6.61 Å². The highest BCUT2D eigenvalue weighted by Gasteiger charge is 2.17. The van der Waals surface area contributed by atoms with Gasteiger partial charge in [0.25, 0.3) is 11.4 Å². The molecule has 0 aliphatic rings. The minimum Gasteiger partial charge on any atom is -0.462 e. The average Bonchev–Trinajstić information content (AvgIpc) is 2.59. The van der Waals surface area contributed by atoms with Crippen molar-refractivity contribution in [3.05, 3.63) is 68.3 Å². The van der Waals surface area contributed by atoms with E-state index in [1.165, 1.54) is 24.3 Å². The van der Waals surface area contributed by atoms with Crippen molar-refractivity contribution in [2.45, 2.75) is 13.3 Å². The second-order valence-electron chi connectivity index (χ2n) is 4.96. The number of esters is 1. The normalized spacial score (nSPS) is 10.1. The number of carbonyl (C=O) groups excluding carboxylic acids is 1. The minimum atomic E-state index is -0.743. The molecule has 0 bridgehead atoms. The van der Waals surface area contributed by atoms with Crippen LogP contribution in [-0.4, -0.2) is 22.4 Å². The largest absolute Gasteiger partial charge is 0.462 e. The maximum Gasteiger partial charge on any atom is 0.338 e. The number of nitro benzene ring substituents is 2. The number of non-ortho nitro benzene ring substituents is 2. The van der Waals surface area contributed by atoms with Gasteiger partial charge in [-0.3, -0.25) is 20.2 Å². The third-order valence-electron chi connectivity index (χ3n) is 3.06. The summed E-state index contributed by atoms with van der Waals surface area (Å²) < 4.78 is 10.4. The van der Waals surface area contributed by atoms with Gasteiger partial charge in [0.1, 0.15) is 11.5 Å². The highest BCUT2D eigenvalue weighted by molar-refractivity contribution is 5.89. The zero-order valence-corrected chi connectivity index (χ0v) is 13.2. The smallest absolute Gasteiger partial charge is 0.338 e. The van der Waals surface area contributed by atoms with Crippen LogP contribution in [-0.2, 0) is 4.74 Å². The van der Waals surface area contributed by atoms with E-state index in [1.807, 2.05) is 6.92 Å². The lowest BCUT2D eigenvalue weighted by Crippen LogP contribution is -2.05. The molecular weight excluding hydrogens is 332 g/mol. The van der Waals surface area contributed by atoms with E-state index in [1.54, 1.807) is 0 Å². The maximum atomic E-state index is 11.7. The van der Waals surface area contributed by atoms with Gasteiger partial charge in [0.2, 0.25) is 0 Å². The third kappa shape index (κ3) is 4.74. The first-order valence-electron chi connectivity index (χ1n) is 7.29. The molecule has 0 aliphatic heterocycles. The van der Waals surface area contributed by atoms with Crippen LogP contribution < -0.4 is 4.74 Å². The molecule has 0 fully saturated rings. The van der Waals surface area contributed by atoms with E-state index >= 15 is 0 Å². The zero-order valence-electron chi connectivity index (χ0n) is 13.2. The molecule has 2 aromatic carbocycles. The van der Waals surface area contributed by atoms with E-state index in [0.29, 0.717) is 18.6 Å². The molecule has 0 unspecified atom stereocenters. The van der Waals surface area contributed by atoms with E-state index in [4.69, 9.17) is 9.47 Å². The Labute approximate surface area is 142 Å². The van der Waals surface area contributed by atoms with Gasteiger partial charge >= 0.3 is 5.97 Å². The van der Waals surface area contributed by atoms with Crippen molar-refractivity contribution in [1.29, 1.82) is 0 Å². The molecule has 0 saturated carbocycles. The summed E-state index contributed by atoms with van der Waals surface area (Å²) >= 11 is 0. The molecule has 0 saturated heterocycles. The third-order valence-corrected chi connectivity index (χ3v) is 3.06. The van der Waals surface area contributed by atoms with E-state index in [0.717, 1.165) is 18.2 Å². The van der Waals surface area contributed by atoms with Crippen molar-refractivity contribution < 1.29 is 24.1 Å². The first-order valence-corrected chi connectivity index (χ1v) is 7.29. The molecule has 0 amide bonds. The minimum absolute atomic E-state index is 0.0535. The molecule has 0 radical (unpaired) electrons. The predicted molar refractivity (Wildman–Crippen MR) is 86.8 cm³/mol. The molecule has 0 aliphatic carbocycles. The van der Waals surface area contributed by atoms with Gasteiger partial charge < -0.3 is 9.47 Å². The average molecular weight is 346 g/mol. The van der Waals surface area contributed by atoms with Crippen molar-refractivity contribution in [2.24, 2.45) is 0 Å². The van der Waals surface area contributed by atoms with Crippen molar-refractivity contribution in [1.82, 2.24) is 0 Å². The van der Waals surface area contributed by atoms with E-state index in [-0.39, 0.29) is 11.5 Å². The van der Waals surface area contributed by atoms with Crippen molar-refractivity contribution in [3.8, 4) is 11.5 Å². The molecule has 2 aromatic rings. The lowest BCUT2D eigenvalue weighted by Gasteiger charge is -2.07. The Morgan fingerprint density at radius 2 is 1.52 bits per heavy atom. The Kier molecular flexibility index (Phi) is 5.62. The van der Waals surface area contributed by atoms with Crippen LogP contribution in [0.3, 0.4) is 0 Å². The van der Waals surface area contributed by atoms with Gasteiger partial charge in [-0.05, 0) is 30.7 Å². The zero-order chi connectivity index (χ0) is 18.4. The van der Waals surface area contributed by atoms with Crippen LogP contribution in [0, 0.1) is 20.2 Å². The van der Waals surface area contributed by atoms with Crippen LogP contribution in [0.4, 0.5) is 11.4 Å². The van der Waals surface area contributed by atoms with Crippen LogP contribution in [0.2, 0.25) is 0 Å². The highest BCUT2D eigenvalue weighted by Crippen LogP contribution is 2.30. The molecule has 130 valence electrons. The first-order chi connectivity index (χ1) is 11.9. The molecule has 0 N–H and O–H groups in total. The number of hydrogen-bond donors (Lipinski definition) is 0. The van der Waals surface area contributed by atoms with E-state index in [9.17, 15) is 25.0 Å². The van der Waals surface area contributed by atoms with Gasteiger partial charge in [-0.25, -0.2) is 4.79 Å².